The van der Waals surface area contributed by atoms with Crippen LogP contribution in [0.2, 0.25) is 5.02 Å². The number of hydrogen-bond acceptors (Lipinski definition) is 4. The molecule has 1 aliphatic rings. The molecule has 21 heavy (non-hydrogen) atoms. The Morgan fingerprint density at radius 2 is 2.33 bits per heavy atom. The smallest absolute Gasteiger partial charge is 0.287 e. The third kappa shape index (κ3) is 3.71. The van der Waals surface area contributed by atoms with Crippen LogP contribution in [0.3, 0.4) is 0 Å². The second-order valence-corrected chi connectivity index (χ2v) is 5.36. The van der Waals surface area contributed by atoms with Gasteiger partial charge in [0.15, 0.2) is 0 Å². The van der Waals surface area contributed by atoms with Gasteiger partial charge in [0.2, 0.25) is 0 Å². The average molecular weight is 313 g/mol. The molecule has 1 saturated heterocycles. The van der Waals surface area contributed by atoms with Crippen LogP contribution in [-0.4, -0.2) is 41.5 Å². The van der Waals surface area contributed by atoms with E-state index in [0.717, 1.165) is 12.8 Å². The lowest BCUT2D eigenvalue weighted by atomic mass is 10.1. The molecular weight excluding hydrogens is 296 g/mol. The van der Waals surface area contributed by atoms with Crippen molar-refractivity contribution in [3.63, 3.8) is 0 Å². The summed E-state index contributed by atoms with van der Waals surface area (Å²) >= 11 is 5.85. The molecule has 1 fully saturated rings. The van der Waals surface area contributed by atoms with Gasteiger partial charge in [-0.25, -0.2) is 0 Å². The van der Waals surface area contributed by atoms with Gasteiger partial charge in [-0.05, 0) is 18.6 Å². The van der Waals surface area contributed by atoms with E-state index >= 15 is 0 Å². The van der Waals surface area contributed by atoms with Crippen molar-refractivity contribution in [1.29, 1.82) is 0 Å². The molecule has 1 atom stereocenters. The van der Waals surface area contributed by atoms with Crippen molar-refractivity contribution in [2.24, 2.45) is 0 Å². The van der Waals surface area contributed by atoms with Gasteiger partial charge in [-0.2, -0.15) is 0 Å². The standard InChI is InChI=1S/C14H17ClN2O4/c1-2-3-11-9-16(6-7-21-11)14(18)10-4-5-13(17(19)20)12(15)8-10/h4-5,8,11H,2-3,6-7,9H2,1H3/t11-/m0/s1. The van der Waals surface area contributed by atoms with E-state index < -0.39 is 4.92 Å². The lowest BCUT2D eigenvalue weighted by molar-refractivity contribution is -0.384. The van der Waals surface area contributed by atoms with Crippen LogP contribution in [0.15, 0.2) is 18.2 Å². The fraction of sp³-hybridized carbons (Fsp3) is 0.500. The summed E-state index contributed by atoms with van der Waals surface area (Å²) in [6.45, 7) is 3.65. The number of morpholine rings is 1. The molecule has 0 saturated carbocycles. The third-order valence-electron chi connectivity index (χ3n) is 3.43. The van der Waals surface area contributed by atoms with Gasteiger partial charge >= 0.3 is 0 Å². The highest BCUT2D eigenvalue weighted by atomic mass is 35.5. The Hall–Kier alpha value is -1.66. The molecule has 0 spiro atoms. The van der Waals surface area contributed by atoms with Gasteiger partial charge in [0.25, 0.3) is 11.6 Å². The monoisotopic (exact) mass is 312 g/mol. The lowest BCUT2D eigenvalue weighted by Gasteiger charge is -2.33. The SMILES string of the molecule is CCC[C@H]1CN(C(=O)c2ccc([N+](=O)[O-])c(Cl)c2)CCO1. The molecular formula is C14H17ClN2O4. The molecule has 0 unspecified atom stereocenters. The van der Waals surface area contributed by atoms with Gasteiger partial charge in [-0.15, -0.1) is 0 Å². The number of amides is 1. The first kappa shape index (κ1) is 15.7. The molecule has 1 aromatic rings. The van der Waals surface area contributed by atoms with Crippen molar-refractivity contribution in [3.05, 3.63) is 38.9 Å². The van der Waals surface area contributed by atoms with Gasteiger partial charge in [-0.1, -0.05) is 24.9 Å². The molecule has 1 amide bonds. The zero-order valence-corrected chi connectivity index (χ0v) is 12.5. The van der Waals surface area contributed by atoms with Crippen LogP contribution in [0.5, 0.6) is 0 Å². The van der Waals surface area contributed by atoms with E-state index in [-0.39, 0.29) is 22.7 Å². The molecule has 1 aliphatic heterocycles. The van der Waals surface area contributed by atoms with Gasteiger partial charge in [0.1, 0.15) is 5.02 Å². The Kier molecular flexibility index (Phi) is 5.14. The van der Waals surface area contributed by atoms with E-state index in [4.69, 9.17) is 16.3 Å². The fourth-order valence-corrected chi connectivity index (χ4v) is 2.62. The van der Waals surface area contributed by atoms with Crippen LogP contribution in [0.25, 0.3) is 0 Å². The number of nitrogens with zero attached hydrogens (tertiary/aromatic N) is 2. The number of carbonyl (C=O) groups is 1. The molecule has 0 aromatic heterocycles. The second-order valence-electron chi connectivity index (χ2n) is 4.96. The third-order valence-corrected chi connectivity index (χ3v) is 3.73. The molecule has 0 aliphatic carbocycles. The van der Waals surface area contributed by atoms with E-state index in [9.17, 15) is 14.9 Å². The summed E-state index contributed by atoms with van der Waals surface area (Å²) in [6.07, 6.45) is 1.96. The van der Waals surface area contributed by atoms with Gasteiger partial charge in [0, 0.05) is 24.7 Å². The topological polar surface area (TPSA) is 72.7 Å². The molecule has 114 valence electrons. The first-order chi connectivity index (χ1) is 10.0. The summed E-state index contributed by atoms with van der Waals surface area (Å²) in [5.41, 5.74) is 0.168. The van der Waals surface area contributed by atoms with E-state index in [2.05, 4.69) is 6.92 Å². The Labute approximate surface area is 127 Å². The minimum atomic E-state index is -0.567. The number of halogens is 1. The summed E-state index contributed by atoms with van der Waals surface area (Å²) in [4.78, 5) is 24.3. The van der Waals surface area contributed by atoms with Crippen molar-refractivity contribution >= 4 is 23.2 Å². The van der Waals surface area contributed by atoms with Crippen LogP contribution in [0, 0.1) is 10.1 Å². The minimum Gasteiger partial charge on any atom is -0.375 e. The highest BCUT2D eigenvalue weighted by Crippen LogP contribution is 2.26. The molecule has 7 heteroatoms. The fourth-order valence-electron chi connectivity index (χ4n) is 2.37. The maximum Gasteiger partial charge on any atom is 0.287 e. The number of carbonyl (C=O) groups excluding carboxylic acids is 1. The van der Waals surface area contributed by atoms with Crippen LogP contribution >= 0.6 is 11.6 Å². The normalized spacial score (nSPS) is 18.6. The maximum atomic E-state index is 12.4. The zero-order chi connectivity index (χ0) is 15.4. The highest BCUT2D eigenvalue weighted by Gasteiger charge is 2.25. The molecule has 2 rings (SSSR count). The lowest BCUT2D eigenvalue weighted by Crippen LogP contribution is -2.45. The number of hydrogen-bond donors (Lipinski definition) is 0. The summed E-state index contributed by atoms with van der Waals surface area (Å²) < 4.78 is 5.60. The van der Waals surface area contributed by atoms with E-state index in [1.807, 2.05) is 0 Å². The predicted octanol–water partition coefficient (Wildman–Crippen LogP) is 2.89. The highest BCUT2D eigenvalue weighted by molar-refractivity contribution is 6.33. The Balaban J connectivity index is 2.12. The van der Waals surface area contributed by atoms with E-state index in [1.165, 1.54) is 18.2 Å². The molecule has 6 nitrogen and oxygen atoms in total. The van der Waals surface area contributed by atoms with E-state index in [1.54, 1.807) is 4.90 Å². The van der Waals surface area contributed by atoms with Crippen LogP contribution in [0.1, 0.15) is 30.1 Å². The van der Waals surface area contributed by atoms with Gasteiger partial charge in [0.05, 0.1) is 17.6 Å². The van der Waals surface area contributed by atoms with Crippen molar-refractivity contribution in [3.8, 4) is 0 Å². The molecule has 1 heterocycles. The first-order valence-corrected chi connectivity index (χ1v) is 7.25. The van der Waals surface area contributed by atoms with Crippen molar-refractivity contribution in [2.75, 3.05) is 19.7 Å². The largest absolute Gasteiger partial charge is 0.375 e. The van der Waals surface area contributed by atoms with Crippen molar-refractivity contribution in [1.82, 2.24) is 4.90 Å². The Morgan fingerprint density at radius 3 is 2.95 bits per heavy atom. The molecule has 0 bridgehead atoms. The van der Waals surface area contributed by atoms with Crippen molar-refractivity contribution < 1.29 is 14.5 Å². The first-order valence-electron chi connectivity index (χ1n) is 6.87. The summed E-state index contributed by atoms with van der Waals surface area (Å²) in [6, 6.07) is 4.06. The summed E-state index contributed by atoms with van der Waals surface area (Å²) in [7, 11) is 0. The van der Waals surface area contributed by atoms with Crippen LogP contribution in [0.4, 0.5) is 5.69 Å². The molecule has 1 aromatic carbocycles. The summed E-state index contributed by atoms with van der Waals surface area (Å²) in [5, 5.41) is 10.7. The Bertz CT molecular complexity index is 548. The summed E-state index contributed by atoms with van der Waals surface area (Å²) in [5.74, 6) is -0.170. The number of nitro groups is 1. The van der Waals surface area contributed by atoms with E-state index in [0.29, 0.717) is 25.3 Å². The quantitative estimate of drug-likeness (QED) is 0.633. The zero-order valence-electron chi connectivity index (χ0n) is 11.8. The van der Waals surface area contributed by atoms with Gasteiger partial charge < -0.3 is 9.64 Å². The number of nitro benzene ring substituents is 1. The van der Waals surface area contributed by atoms with Crippen molar-refractivity contribution in [2.45, 2.75) is 25.9 Å². The van der Waals surface area contributed by atoms with Crippen LogP contribution < -0.4 is 0 Å². The average Bonchev–Trinajstić information content (AvgIpc) is 2.46. The second kappa shape index (κ2) is 6.87. The Morgan fingerprint density at radius 1 is 1.57 bits per heavy atom. The number of ether oxygens (including phenoxy) is 1. The van der Waals surface area contributed by atoms with Crippen LogP contribution in [-0.2, 0) is 4.74 Å². The molecule has 0 radical (unpaired) electrons. The predicted molar refractivity (Wildman–Crippen MR) is 78.7 cm³/mol. The number of rotatable bonds is 4. The van der Waals surface area contributed by atoms with Gasteiger partial charge in [-0.3, -0.25) is 14.9 Å². The maximum absolute atomic E-state index is 12.4. The minimum absolute atomic E-state index is 0.0239. The molecule has 0 N–H and O–H groups in total. The number of benzene rings is 1.